The average molecular weight is 236 g/mol. The quantitative estimate of drug-likeness (QED) is 0.746. The molecule has 1 heterocycles. The van der Waals surface area contributed by atoms with E-state index in [0.717, 1.165) is 25.1 Å². The molecule has 0 saturated heterocycles. The van der Waals surface area contributed by atoms with Crippen LogP contribution >= 0.6 is 0 Å². The lowest BCUT2D eigenvalue weighted by Gasteiger charge is -2.15. The van der Waals surface area contributed by atoms with E-state index in [4.69, 9.17) is 5.73 Å². The summed E-state index contributed by atoms with van der Waals surface area (Å²) in [5.41, 5.74) is 6.77. The molecular formula is C12H20N4O. The summed E-state index contributed by atoms with van der Waals surface area (Å²) in [7, 11) is 0. The van der Waals surface area contributed by atoms with E-state index in [1.165, 1.54) is 0 Å². The maximum absolute atomic E-state index is 11.9. The van der Waals surface area contributed by atoms with Crippen molar-refractivity contribution in [3.63, 3.8) is 0 Å². The third-order valence-electron chi connectivity index (χ3n) is 3.14. The Bertz CT molecular complexity index is 384. The summed E-state index contributed by atoms with van der Waals surface area (Å²) in [4.78, 5) is 11.9. The molecule has 5 nitrogen and oxygen atoms in total. The summed E-state index contributed by atoms with van der Waals surface area (Å²) in [5.74, 6) is -0.0588. The molecule has 1 amide bonds. The van der Waals surface area contributed by atoms with Gasteiger partial charge in [-0.3, -0.25) is 9.48 Å². The second kappa shape index (κ2) is 5.31. The molecule has 17 heavy (non-hydrogen) atoms. The van der Waals surface area contributed by atoms with Gasteiger partial charge in [0.05, 0.1) is 5.92 Å². The van der Waals surface area contributed by atoms with E-state index < -0.39 is 0 Å². The van der Waals surface area contributed by atoms with Crippen LogP contribution < -0.4 is 11.1 Å². The van der Waals surface area contributed by atoms with Crippen molar-refractivity contribution in [2.24, 2.45) is 11.7 Å². The van der Waals surface area contributed by atoms with Crippen molar-refractivity contribution in [3.05, 3.63) is 18.0 Å². The Labute approximate surface area is 101 Å². The number of aromatic nitrogens is 2. The van der Waals surface area contributed by atoms with Crippen LogP contribution in [0, 0.1) is 5.92 Å². The van der Waals surface area contributed by atoms with Gasteiger partial charge in [-0.2, -0.15) is 5.10 Å². The summed E-state index contributed by atoms with van der Waals surface area (Å²) >= 11 is 0. The zero-order valence-electron chi connectivity index (χ0n) is 10.2. The number of amides is 1. The zero-order chi connectivity index (χ0) is 12.3. The number of carbonyl (C=O) groups excluding carboxylic acids is 1. The van der Waals surface area contributed by atoms with E-state index in [1.54, 1.807) is 6.20 Å². The molecular weight excluding hydrogens is 216 g/mol. The fourth-order valence-electron chi connectivity index (χ4n) is 1.90. The van der Waals surface area contributed by atoms with Crippen LogP contribution in [0.2, 0.25) is 0 Å². The number of nitrogens with two attached hydrogens (primary N) is 1. The number of rotatable bonds is 6. The Morgan fingerprint density at radius 3 is 3.06 bits per heavy atom. The Morgan fingerprint density at radius 1 is 1.71 bits per heavy atom. The maximum atomic E-state index is 11.9. The van der Waals surface area contributed by atoms with Gasteiger partial charge in [0, 0.05) is 37.4 Å². The van der Waals surface area contributed by atoms with Crippen molar-refractivity contribution >= 4 is 5.91 Å². The molecule has 0 bridgehead atoms. The van der Waals surface area contributed by atoms with Crippen LogP contribution in [0.5, 0.6) is 0 Å². The van der Waals surface area contributed by atoms with Crippen LogP contribution in [0.15, 0.2) is 12.3 Å². The summed E-state index contributed by atoms with van der Waals surface area (Å²) in [6.07, 6.45) is 4.65. The average Bonchev–Trinajstić information content (AvgIpc) is 3.02. The molecule has 2 rings (SSSR count). The topological polar surface area (TPSA) is 72.9 Å². The van der Waals surface area contributed by atoms with Crippen LogP contribution in [0.4, 0.5) is 0 Å². The molecule has 5 heteroatoms. The number of aryl methyl sites for hydroxylation is 1. The second-order valence-electron chi connectivity index (χ2n) is 4.56. The molecule has 3 N–H and O–H groups in total. The van der Waals surface area contributed by atoms with E-state index in [1.807, 2.05) is 17.7 Å². The van der Waals surface area contributed by atoms with Gasteiger partial charge in [0.1, 0.15) is 0 Å². The Kier molecular flexibility index (Phi) is 3.78. The highest BCUT2D eigenvalue weighted by Crippen LogP contribution is 2.19. The lowest BCUT2D eigenvalue weighted by molar-refractivity contribution is -0.124. The number of hydrogen-bond acceptors (Lipinski definition) is 3. The van der Waals surface area contributed by atoms with Gasteiger partial charge < -0.3 is 11.1 Å². The minimum Gasteiger partial charge on any atom is -0.353 e. The Hall–Kier alpha value is -1.36. The first-order valence-electron chi connectivity index (χ1n) is 6.25. The summed E-state index contributed by atoms with van der Waals surface area (Å²) in [5, 5.41) is 7.20. The predicted molar refractivity (Wildman–Crippen MR) is 65.3 cm³/mol. The lowest BCUT2D eigenvalue weighted by Crippen LogP contribution is -2.37. The van der Waals surface area contributed by atoms with Gasteiger partial charge in [0.2, 0.25) is 5.91 Å². The van der Waals surface area contributed by atoms with Gasteiger partial charge in [-0.1, -0.05) is 0 Å². The number of nitrogens with zero attached hydrogens (tertiary/aromatic N) is 2. The molecule has 0 aromatic carbocycles. The Balaban J connectivity index is 1.95. The molecule has 1 saturated carbocycles. The van der Waals surface area contributed by atoms with Crippen molar-refractivity contribution in [1.82, 2.24) is 15.1 Å². The molecule has 0 radical (unpaired) electrons. The third-order valence-corrected chi connectivity index (χ3v) is 3.14. The summed E-state index contributed by atoms with van der Waals surface area (Å²) in [6, 6.07) is 2.35. The van der Waals surface area contributed by atoms with Crippen molar-refractivity contribution in [2.45, 2.75) is 38.8 Å². The smallest absolute Gasteiger partial charge is 0.224 e. The van der Waals surface area contributed by atoms with Gasteiger partial charge in [0.25, 0.3) is 0 Å². The largest absolute Gasteiger partial charge is 0.353 e. The first kappa shape index (κ1) is 12.1. The van der Waals surface area contributed by atoms with Gasteiger partial charge in [-0.05, 0) is 25.8 Å². The van der Waals surface area contributed by atoms with E-state index in [9.17, 15) is 4.79 Å². The molecule has 1 unspecified atom stereocenters. The van der Waals surface area contributed by atoms with Gasteiger partial charge in [-0.25, -0.2) is 0 Å². The van der Waals surface area contributed by atoms with Crippen molar-refractivity contribution in [1.29, 1.82) is 0 Å². The minimum absolute atomic E-state index is 0.0823. The lowest BCUT2D eigenvalue weighted by atomic mass is 10.0. The molecule has 1 aromatic rings. The highest BCUT2D eigenvalue weighted by molar-refractivity contribution is 5.79. The first-order valence-corrected chi connectivity index (χ1v) is 6.25. The SMILES string of the molecule is CCn1nccc1CC(CN)C(=O)NC1CC1. The van der Waals surface area contributed by atoms with Gasteiger partial charge in [0.15, 0.2) is 0 Å². The normalized spacial score (nSPS) is 16.8. The Morgan fingerprint density at radius 2 is 2.47 bits per heavy atom. The number of nitrogens with one attached hydrogen (secondary N) is 1. The molecule has 0 aliphatic heterocycles. The minimum atomic E-state index is -0.141. The van der Waals surface area contributed by atoms with E-state index in [-0.39, 0.29) is 11.8 Å². The molecule has 1 aliphatic carbocycles. The van der Waals surface area contributed by atoms with E-state index >= 15 is 0 Å². The van der Waals surface area contributed by atoms with Gasteiger partial charge >= 0.3 is 0 Å². The van der Waals surface area contributed by atoms with Crippen LogP contribution in [-0.2, 0) is 17.8 Å². The molecule has 1 aromatic heterocycles. The van der Waals surface area contributed by atoms with Crippen LogP contribution in [0.1, 0.15) is 25.5 Å². The first-order chi connectivity index (χ1) is 8.24. The fourth-order valence-corrected chi connectivity index (χ4v) is 1.90. The summed E-state index contributed by atoms with van der Waals surface area (Å²) < 4.78 is 1.91. The number of carbonyl (C=O) groups is 1. The van der Waals surface area contributed by atoms with Crippen LogP contribution in [0.25, 0.3) is 0 Å². The molecule has 1 fully saturated rings. The van der Waals surface area contributed by atoms with E-state index in [0.29, 0.717) is 19.0 Å². The molecule has 1 atom stereocenters. The van der Waals surface area contributed by atoms with Crippen LogP contribution in [-0.4, -0.2) is 28.3 Å². The standard InChI is InChI=1S/C12H20N4O/c1-2-16-11(5-6-14-16)7-9(8-13)12(17)15-10-3-4-10/h5-6,9-10H,2-4,7-8,13H2,1H3,(H,15,17). The summed E-state index contributed by atoms with van der Waals surface area (Å²) in [6.45, 7) is 3.25. The molecule has 0 spiro atoms. The van der Waals surface area contributed by atoms with Crippen LogP contribution in [0.3, 0.4) is 0 Å². The van der Waals surface area contributed by atoms with Crippen molar-refractivity contribution in [2.75, 3.05) is 6.54 Å². The van der Waals surface area contributed by atoms with E-state index in [2.05, 4.69) is 10.4 Å². The highest BCUT2D eigenvalue weighted by atomic mass is 16.2. The fraction of sp³-hybridized carbons (Fsp3) is 0.667. The molecule has 1 aliphatic rings. The third kappa shape index (κ3) is 3.06. The number of hydrogen-bond donors (Lipinski definition) is 2. The van der Waals surface area contributed by atoms with Crippen molar-refractivity contribution < 1.29 is 4.79 Å². The van der Waals surface area contributed by atoms with Crippen molar-refractivity contribution in [3.8, 4) is 0 Å². The second-order valence-corrected chi connectivity index (χ2v) is 4.56. The monoisotopic (exact) mass is 236 g/mol. The maximum Gasteiger partial charge on any atom is 0.224 e. The zero-order valence-corrected chi connectivity index (χ0v) is 10.2. The predicted octanol–water partition coefficient (Wildman–Crippen LogP) is 0.299. The highest BCUT2D eigenvalue weighted by Gasteiger charge is 2.27. The molecule has 94 valence electrons. The van der Waals surface area contributed by atoms with Gasteiger partial charge in [-0.15, -0.1) is 0 Å².